The van der Waals surface area contributed by atoms with Gasteiger partial charge in [0.1, 0.15) is 13.1 Å². The number of carbonyl (C=O) groups excluding carboxylic acids is 4. The van der Waals surface area contributed by atoms with E-state index in [1.807, 2.05) is 0 Å². The third-order valence-electron chi connectivity index (χ3n) is 3.30. The van der Waals surface area contributed by atoms with Gasteiger partial charge in [0.25, 0.3) is 0 Å². The van der Waals surface area contributed by atoms with Crippen LogP contribution in [0, 0.1) is 0 Å². The predicted molar refractivity (Wildman–Crippen MR) is 64.8 cm³/mol. The first-order valence-corrected chi connectivity index (χ1v) is 6.44. The molecule has 7 heteroatoms. The van der Waals surface area contributed by atoms with Gasteiger partial charge in [0.05, 0.1) is 6.54 Å². The van der Waals surface area contributed by atoms with Gasteiger partial charge in [-0.2, -0.15) is 0 Å². The van der Waals surface area contributed by atoms with E-state index in [2.05, 4.69) is 5.32 Å². The molecule has 2 aliphatic heterocycles. The van der Waals surface area contributed by atoms with Crippen molar-refractivity contribution in [2.24, 2.45) is 0 Å². The van der Waals surface area contributed by atoms with Crippen LogP contribution in [0.3, 0.4) is 0 Å². The van der Waals surface area contributed by atoms with E-state index in [0.29, 0.717) is 13.0 Å². The minimum Gasteiger partial charge on any atom is -0.333 e. The molecular weight excluding hydrogens is 250 g/mol. The van der Waals surface area contributed by atoms with Crippen molar-refractivity contribution >= 4 is 23.6 Å². The van der Waals surface area contributed by atoms with Crippen LogP contribution in [0.2, 0.25) is 0 Å². The summed E-state index contributed by atoms with van der Waals surface area (Å²) in [4.78, 5) is 48.9. The Kier molecular flexibility index (Phi) is 4.13. The van der Waals surface area contributed by atoms with E-state index in [1.54, 1.807) is 0 Å². The molecule has 0 aromatic carbocycles. The molecule has 7 nitrogen and oxygen atoms in total. The second kappa shape index (κ2) is 5.81. The molecule has 0 atom stereocenters. The van der Waals surface area contributed by atoms with Crippen LogP contribution in [0.5, 0.6) is 0 Å². The van der Waals surface area contributed by atoms with Crippen molar-refractivity contribution in [3.8, 4) is 0 Å². The average Bonchev–Trinajstić information content (AvgIpc) is 2.54. The summed E-state index contributed by atoms with van der Waals surface area (Å²) in [5.74, 6) is -1.34. The highest BCUT2D eigenvalue weighted by molar-refractivity contribution is 6.02. The van der Waals surface area contributed by atoms with Gasteiger partial charge in [-0.3, -0.25) is 24.5 Å². The maximum absolute atomic E-state index is 12.0. The topological polar surface area (TPSA) is 86.8 Å². The van der Waals surface area contributed by atoms with Crippen molar-refractivity contribution < 1.29 is 19.2 Å². The molecule has 0 spiro atoms. The standard InChI is InChI=1S/C12H17N3O4/c16-9-6-15(7-10(17)13-9)12(19)8-14-5-3-1-2-4-11(14)18/h1-8H2,(H,13,16,17). The first kappa shape index (κ1) is 13.5. The lowest BCUT2D eigenvalue weighted by Crippen LogP contribution is -2.55. The molecule has 2 aliphatic rings. The number of nitrogens with one attached hydrogen (secondary N) is 1. The van der Waals surface area contributed by atoms with Crippen LogP contribution in [0.25, 0.3) is 0 Å². The van der Waals surface area contributed by atoms with E-state index in [-0.39, 0.29) is 31.4 Å². The van der Waals surface area contributed by atoms with E-state index < -0.39 is 11.8 Å². The fourth-order valence-corrected chi connectivity index (χ4v) is 2.28. The Morgan fingerprint density at radius 3 is 2.42 bits per heavy atom. The summed E-state index contributed by atoms with van der Waals surface area (Å²) in [5, 5.41) is 2.13. The molecule has 104 valence electrons. The smallest absolute Gasteiger partial charge is 0.246 e. The maximum Gasteiger partial charge on any atom is 0.246 e. The van der Waals surface area contributed by atoms with Gasteiger partial charge in [-0.1, -0.05) is 6.42 Å². The van der Waals surface area contributed by atoms with Gasteiger partial charge in [0, 0.05) is 13.0 Å². The average molecular weight is 267 g/mol. The van der Waals surface area contributed by atoms with E-state index in [4.69, 9.17) is 0 Å². The van der Waals surface area contributed by atoms with Gasteiger partial charge < -0.3 is 9.80 Å². The summed E-state index contributed by atoms with van der Waals surface area (Å²) in [5.41, 5.74) is 0. The summed E-state index contributed by atoms with van der Waals surface area (Å²) in [7, 11) is 0. The Balaban J connectivity index is 1.94. The molecular formula is C12H17N3O4. The summed E-state index contributed by atoms with van der Waals surface area (Å²) >= 11 is 0. The molecule has 2 saturated heterocycles. The van der Waals surface area contributed by atoms with E-state index in [0.717, 1.165) is 19.3 Å². The zero-order valence-electron chi connectivity index (χ0n) is 10.7. The van der Waals surface area contributed by atoms with E-state index >= 15 is 0 Å². The van der Waals surface area contributed by atoms with Crippen LogP contribution in [0.4, 0.5) is 0 Å². The highest BCUT2D eigenvalue weighted by Gasteiger charge is 2.28. The van der Waals surface area contributed by atoms with Crippen LogP contribution in [-0.2, 0) is 19.2 Å². The lowest BCUT2D eigenvalue weighted by molar-refractivity contribution is -0.147. The maximum atomic E-state index is 12.0. The minimum atomic E-state index is -0.480. The SMILES string of the molecule is O=C1CN(C(=O)CN2CCCCCC2=O)CC(=O)N1. The Morgan fingerprint density at radius 2 is 1.74 bits per heavy atom. The van der Waals surface area contributed by atoms with Gasteiger partial charge in [-0.25, -0.2) is 0 Å². The zero-order chi connectivity index (χ0) is 13.8. The van der Waals surface area contributed by atoms with E-state index in [9.17, 15) is 19.2 Å². The zero-order valence-corrected chi connectivity index (χ0v) is 10.7. The van der Waals surface area contributed by atoms with Gasteiger partial charge in [-0.05, 0) is 12.8 Å². The van der Waals surface area contributed by atoms with Crippen LogP contribution in [-0.4, -0.2) is 59.6 Å². The number of rotatable bonds is 2. The second-order valence-electron chi connectivity index (χ2n) is 4.85. The van der Waals surface area contributed by atoms with Gasteiger partial charge in [0.2, 0.25) is 23.6 Å². The third kappa shape index (κ3) is 3.52. The predicted octanol–water partition coefficient (Wildman–Crippen LogP) is -1.13. The van der Waals surface area contributed by atoms with E-state index in [1.165, 1.54) is 9.80 Å². The Labute approximate surface area is 110 Å². The molecule has 0 aliphatic carbocycles. The third-order valence-corrected chi connectivity index (χ3v) is 3.30. The quantitative estimate of drug-likeness (QED) is 0.642. The van der Waals surface area contributed by atoms with Crippen LogP contribution < -0.4 is 5.32 Å². The molecule has 2 rings (SSSR count). The monoisotopic (exact) mass is 267 g/mol. The number of hydrogen-bond donors (Lipinski definition) is 1. The normalized spacial score (nSPS) is 21.2. The van der Waals surface area contributed by atoms with Crippen molar-refractivity contribution in [1.82, 2.24) is 15.1 Å². The fraction of sp³-hybridized carbons (Fsp3) is 0.667. The van der Waals surface area contributed by atoms with Crippen LogP contribution in [0.15, 0.2) is 0 Å². The van der Waals surface area contributed by atoms with Crippen molar-refractivity contribution in [1.29, 1.82) is 0 Å². The first-order valence-electron chi connectivity index (χ1n) is 6.44. The fourth-order valence-electron chi connectivity index (χ4n) is 2.28. The molecule has 2 heterocycles. The minimum absolute atomic E-state index is 0.0290. The summed E-state index contributed by atoms with van der Waals surface area (Å²) in [6, 6.07) is 0. The highest BCUT2D eigenvalue weighted by atomic mass is 16.2. The molecule has 4 amide bonds. The number of hydrogen-bond acceptors (Lipinski definition) is 4. The molecule has 19 heavy (non-hydrogen) atoms. The summed E-state index contributed by atoms with van der Waals surface area (Å²) < 4.78 is 0. The van der Waals surface area contributed by atoms with Crippen molar-refractivity contribution in [2.45, 2.75) is 25.7 Å². The molecule has 2 fully saturated rings. The van der Waals surface area contributed by atoms with Gasteiger partial charge in [-0.15, -0.1) is 0 Å². The molecule has 0 aromatic heterocycles. The highest BCUT2D eigenvalue weighted by Crippen LogP contribution is 2.11. The molecule has 0 unspecified atom stereocenters. The van der Waals surface area contributed by atoms with Crippen molar-refractivity contribution in [3.63, 3.8) is 0 Å². The first-order chi connectivity index (χ1) is 9.06. The number of imide groups is 1. The summed E-state index contributed by atoms with van der Waals surface area (Å²) in [6.45, 7) is 0.289. The number of piperazine rings is 1. The lowest BCUT2D eigenvalue weighted by atomic mass is 10.2. The number of nitrogens with zero attached hydrogens (tertiary/aromatic N) is 2. The van der Waals surface area contributed by atoms with Crippen molar-refractivity contribution in [3.05, 3.63) is 0 Å². The number of likely N-dealkylation sites (tertiary alicyclic amines) is 1. The second-order valence-corrected chi connectivity index (χ2v) is 4.85. The molecule has 0 aromatic rings. The largest absolute Gasteiger partial charge is 0.333 e. The molecule has 1 N–H and O–H groups in total. The Hall–Kier alpha value is -1.92. The van der Waals surface area contributed by atoms with Gasteiger partial charge in [0.15, 0.2) is 0 Å². The molecule has 0 saturated carbocycles. The summed E-state index contributed by atoms with van der Waals surface area (Å²) in [6.07, 6.45) is 3.19. The van der Waals surface area contributed by atoms with Gasteiger partial charge >= 0.3 is 0 Å². The Morgan fingerprint density at radius 1 is 1.05 bits per heavy atom. The molecule has 0 bridgehead atoms. The molecule has 0 radical (unpaired) electrons. The number of amides is 4. The van der Waals surface area contributed by atoms with Crippen LogP contribution >= 0.6 is 0 Å². The van der Waals surface area contributed by atoms with Crippen LogP contribution in [0.1, 0.15) is 25.7 Å². The van der Waals surface area contributed by atoms with Crippen molar-refractivity contribution in [2.75, 3.05) is 26.2 Å². The lowest BCUT2D eigenvalue weighted by Gasteiger charge is -2.28. The Bertz CT molecular complexity index is 405. The number of carbonyl (C=O) groups is 4.